The lowest BCUT2D eigenvalue weighted by molar-refractivity contribution is -0.385. The molecule has 0 fully saturated rings. The fourth-order valence-corrected chi connectivity index (χ4v) is 4.02. The molecule has 1 N–H and O–H groups in total. The predicted molar refractivity (Wildman–Crippen MR) is 90.2 cm³/mol. The van der Waals surface area contributed by atoms with Crippen LogP contribution in [0.2, 0.25) is 0 Å². The highest BCUT2D eigenvalue weighted by Crippen LogP contribution is 2.51. The van der Waals surface area contributed by atoms with Gasteiger partial charge < -0.3 is 15.2 Å². The number of aromatic carboxylic acids is 1. The third kappa shape index (κ3) is 2.38. The molecule has 0 radical (unpaired) electrons. The Labute approximate surface area is 144 Å². The van der Waals surface area contributed by atoms with E-state index in [1.54, 1.807) is 24.3 Å². The van der Waals surface area contributed by atoms with Crippen molar-refractivity contribution in [1.82, 2.24) is 0 Å². The highest BCUT2D eigenvalue weighted by molar-refractivity contribution is 5.94. The molecule has 0 bridgehead atoms. The van der Waals surface area contributed by atoms with E-state index in [2.05, 4.69) is 17.5 Å². The summed E-state index contributed by atoms with van der Waals surface area (Å²) in [6.07, 6.45) is 4.90. The van der Waals surface area contributed by atoms with E-state index in [1.807, 2.05) is 6.07 Å². The molecular weight excluding hydrogens is 320 g/mol. The van der Waals surface area contributed by atoms with Crippen LogP contribution in [0.4, 0.5) is 11.4 Å². The molecule has 1 aliphatic heterocycles. The van der Waals surface area contributed by atoms with Gasteiger partial charge in [-0.2, -0.15) is 0 Å². The normalized spacial score (nSPS) is 23.4. The molecule has 0 aromatic heterocycles. The first-order valence-corrected chi connectivity index (χ1v) is 8.08. The van der Waals surface area contributed by atoms with E-state index in [0.29, 0.717) is 11.3 Å². The van der Waals surface area contributed by atoms with Crippen LogP contribution in [-0.4, -0.2) is 10.9 Å². The molecule has 0 amide bonds. The van der Waals surface area contributed by atoms with Crippen LogP contribution >= 0.6 is 0 Å². The average molecular weight is 335 g/mol. The van der Waals surface area contributed by atoms with Crippen molar-refractivity contribution < 1.29 is 14.8 Å². The van der Waals surface area contributed by atoms with E-state index in [9.17, 15) is 20.0 Å². The molecule has 1 aliphatic carbocycles. The molecule has 2 aromatic carbocycles. The Morgan fingerprint density at radius 2 is 1.88 bits per heavy atom. The van der Waals surface area contributed by atoms with Crippen molar-refractivity contribution in [3.05, 3.63) is 81.4 Å². The number of hydrogen-bond donors (Lipinski definition) is 1. The zero-order valence-corrected chi connectivity index (χ0v) is 13.2. The molecule has 6 heteroatoms. The van der Waals surface area contributed by atoms with Crippen LogP contribution in [0.25, 0.3) is 0 Å². The second kappa shape index (κ2) is 5.73. The van der Waals surface area contributed by atoms with Crippen molar-refractivity contribution in [3.63, 3.8) is 0 Å². The molecule has 0 saturated heterocycles. The number of nitrogens with zero attached hydrogens (tertiary/aromatic N) is 1. The van der Waals surface area contributed by atoms with Gasteiger partial charge in [-0.3, -0.25) is 10.1 Å². The molecule has 0 unspecified atom stereocenters. The van der Waals surface area contributed by atoms with Crippen molar-refractivity contribution in [3.8, 4) is 0 Å². The van der Waals surface area contributed by atoms with E-state index in [-0.39, 0.29) is 29.1 Å². The lowest BCUT2D eigenvalue weighted by atomic mass is 9.76. The maximum Gasteiger partial charge on any atom is 0.274 e. The van der Waals surface area contributed by atoms with E-state index in [4.69, 9.17) is 0 Å². The van der Waals surface area contributed by atoms with Crippen LogP contribution in [0.15, 0.2) is 54.6 Å². The Balaban J connectivity index is 1.88. The number of allylic oxidation sites excluding steroid dienone is 2. The van der Waals surface area contributed by atoms with E-state index in [1.165, 1.54) is 12.1 Å². The zero-order valence-electron chi connectivity index (χ0n) is 13.2. The molecule has 2 aliphatic rings. The SMILES string of the molecule is O=C([O-])c1cccc2c1N[C@@H](c1ccccc1[N+](=O)[O-])[C@H]1CC=C[C@H]21. The minimum absolute atomic E-state index is 0.0281. The lowest BCUT2D eigenvalue weighted by Gasteiger charge is -2.38. The minimum Gasteiger partial charge on any atom is -0.545 e. The number of anilines is 1. The molecule has 0 saturated carbocycles. The summed E-state index contributed by atoms with van der Waals surface area (Å²) >= 11 is 0. The molecule has 25 heavy (non-hydrogen) atoms. The largest absolute Gasteiger partial charge is 0.545 e. The first-order chi connectivity index (χ1) is 12.1. The number of carboxylic acids is 1. The Hall–Kier alpha value is -3.15. The fourth-order valence-electron chi connectivity index (χ4n) is 4.02. The standard InChI is InChI=1S/C19H16N2O4/c22-19(23)15-9-4-8-13-11-6-3-7-12(11)17(20-18(13)15)14-5-1-2-10-16(14)21(24)25/h1-6,8-12,17,20H,7H2,(H,22,23)/p-1/t11-,12-,17+/m0/s1. The number of rotatable bonds is 3. The van der Waals surface area contributed by atoms with Gasteiger partial charge in [-0.25, -0.2) is 0 Å². The van der Waals surface area contributed by atoms with Crippen LogP contribution in [0.5, 0.6) is 0 Å². The number of nitro benzene ring substituents is 1. The van der Waals surface area contributed by atoms with E-state index >= 15 is 0 Å². The number of fused-ring (bicyclic) bond motifs is 3. The second-order valence-electron chi connectivity index (χ2n) is 6.35. The topological polar surface area (TPSA) is 95.3 Å². The quantitative estimate of drug-likeness (QED) is 0.529. The first-order valence-electron chi connectivity index (χ1n) is 8.08. The summed E-state index contributed by atoms with van der Waals surface area (Å²) in [6, 6.07) is 11.4. The second-order valence-corrected chi connectivity index (χ2v) is 6.35. The molecule has 3 atom stereocenters. The fraction of sp³-hybridized carbons (Fsp3) is 0.211. The number of carboxylic acid groups (broad SMARTS) is 1. The Morgan fingerprint density at radius 1 is 1.12 bits per heavy atom. The van der Waals surface area contributed by atoms with Crippen molar-refractivity contribution in [2.24, 2.45) is 5.92 Å². The number of para-hydroxylation sites is 2. The van der Waals surface area contributed by atoms with Crippen LogP contribution in [0, 0.1) is 16.0 Å². The van der Waals surface area contributed by atoms with Gasteiger partial charge in [0.25, 0.3) is 5.69 Å². The number of hydrogen-bond acceptors (Lipinski definition) is 5. The molecule has 1 heterocycles. The van der Waals surface area contributed by atoms with Crippen molar-refractivity contribution in [2.45, 2.75) is 18.4 Å². The Bertz CT molecular complexity index is 906. The van der Waals surface area contributed by atoms with Gasteiger partial charge in [0, 0.05) is 23.2 Å². The molecule has 6 nitrogen and oxygen atoms in total. The number of carbonyl (C=O) groups excluding carboxylic acids is 1. The minimum atomic E-state index is -1.26. The van der Waals surface area contributed by atoms with E-state index < -0.39 is 10.9 Å². The predicted octanol–water partition coefficient (Wildman–Crippen LogP) is 2.78. The number of carbonyl (C=O) groups is 1. The van der Waals surface area contributed by atoms with Gasteiger partial charge in [0.1, 0.15) is 0 Å². The summed E-state index contributed by atoms with van der Waals surface area (Å²) in [6.45, 7) is 0. The Kier molecular flexibility index (Phi) is 3.53. The van der Waals surface area contributed by atoms with Gasteiger partial charge in [-0.1, -0.05) is 48.6 Å². The van der Waals surface area contributed by atoms with Gasteiger partial charge in [0.15, 0.2) is 0 Å². The lowest BCUT2D eigenvalue weighted by Crippen LogP contribution is -2.32. The smallest absolute Gasteiger partial charge is 0.274 e. The number of nitrogens with one attached hydrogen (secondary N) is 1. The monoisotopic (exact) mass is 335 g/mol. The maximum absolute atomic E-state index is 11.5. The third-order valence-corrected chi connectivity index (χ3v) is 5.09. The van der Waals surface area contributed by atoms with Crippen LogP contribution in [-0.2, 0) is 0 Å². The summed E-state index contributed by atoms with van der Waals surface area (Å²) in [5, 5.41) is 26.2. The van der Waals surface area contributed by atoms with Crippen molar-refractivity contribution >= 4 is 17.3 Å². The van der Waals surface area contributed by atoms with Gasteiger partial charge in [0.2, 0.25) is 0 Å². The van der Waals surface area contributed by atoms with Crippen LogP contribution in [0.1, 0.15) is 39.9 Å². The first kappa shape index (κ1) is 15.4. The summed E-state index contributed by atoms with van der Waals surface area (Å²) in [5.74, 6) is -1.13. The van der Waals surface area contributed by atoms with Gasteiger partial charge in [0.05, 0.1) is 22.5 Å². The number of nitro groups is 1. The molecule has 126 valence electrons. The molecule has 4 rings (SSSR count). The van der Waals surface area contributed by atoms with E-state index in [0.717, 1.165) is 12.0 Å². The van der Waals surface area contributed by atoms with Gasteiger partial charge in [-0.15, -0.1) is 0 Å². The average Bonchev–Trinajstić information content (AvgIpc) is 3.10. The summed E-state index contributed by atoms with van der Waals surface area (Å²) < 4.78 is 0. The van der Waals surface area contributed by atoms with Crippen LogP contribution < -0.4 is 10.4 Å². The summed E-state index contributed by atoms with van der Waals surface area (Å²) in [4.78, 5) is 22.5. The molecule has 2 aromatic rings. The Morgan fingerprint density at radius 3 is 2.64 bits per heavy atom. The molecular formula is C19H15N2O4-. The summed E-state index contributed by atoms with van der Waals surface area (Å²) in [7, 11) is 0. The molecule has 0 spiro atoms. The number of benzene rings is 2. The van der Waals surface area contributed by atoms with Gasteiger partial charge in [-0.05, 0) is 17.9 Å². The van der Waals surface area contributed by atoms with Crippen LogP contribution in [0.3, 0.4) is 0 Å². The summed E-state index contributed by atoms with van der Waals surface area (Å²) in [5.41, 5.74) is 2.10. The van der Waals surface area contributed by atoms with Crippen molar-refractivity contribution in [2.75, 3.05) is 5.32 Å². The maximum atomic E-state index is 11.5. The highest BCUT2D eigenvalue weighted by atomic mass is 16.6. The highest BCUT2D eigenvalue weighted by Gasteiger charge is 2.40. The third-order valence-electron chi connectivity index (χ3n) is 5.09. The van der Waals surface area contributed by atoms with Crippen molar-refractivity contribution in [1.29, 1.82) is 0 Å². The van der Waals surface area contributed by atoms with Gasteiger partial charge >= 0.3 is 0 Å². The zero-order chi connectivity index (χ0) is 17.6.